The lowest BCUT2D eigenvalue weighted by atomic mass is 9.98. The standard InChI is InChI=1S/C32H35N3O4/c1-6-39-31(38)26-28(24-14-10-11-15-25(24)33-29(26)36)35(20-22-18-16-21(2)17-19-22)27(23-12-8-7-9-13-23)30(37)34-32(3,4)5/h7-19,27H,6,20H2,1-5H3,(H,33,36)(H,34,37). The number of hydrogen-bond donors (Lipinski definition) is 2. The smallest absolute Gasteiger partial charge is 0.345 e. The average molecular weight is 526 g/mol. The Morgan fingerprint density at radius 2 is 1.59 bits per heavy atom. The van der Waals surface area contributed by atoms with Crippen LogP contribution in [0.15, 0.2) is 83.7 Å². The van der Waals surface area contributed by atoms with Crippen LogP contribution >= 0.6 is 0 Å². The normalized spacial score (nSPS) is 12.1. The number of ether oxygens (including phenoxy) is 1. The number of nitrogens with zero attached hydrogens (tertiary/aromatic N) is 1. The number of nitrogens with one attached hydrogen (secondary N) is 2. The van der Waals surface area contributed by atoms with Crippen LogP contribution in [0.4, 0.5) is 5.69 Å². The fourth-order valence-electron chi connectivity index (χ4n) is 4.65. The van der Waals surface area contributed by atoms with Gasteiger partial charge in [-0.25, -0.2) is 4.79 Å². The number of para-hydroxylation sites is 1. The van der Waals surface area contributed by atoms with Crippen LogP contribution in [-0.2, 0) is 16.1 Å². The molecule has 0 radical (unpaired) electrons. The summed E-state index contributed by atoms with van der Waals surface area (Å²) in [5, 5.41) is 3.75. The monoisotopic (exact) mass is 525 g/mol. The Labute approximate surface area is 228 Å². The largest absolute Gasteiger partial charge is 0.462 e. The number of carbonyl (C=O) groups is 2. The minimum atomic E-state index is -0.856. The molecule has 0 aliphatic carbocycles. The molecule has 1 amide bonds. The predicted octanol–water partition coefficient (Wildman–Crippen LogP) is 5.68. The maximum absolute atomic E-state index is 14.1. The second-order valence-electron chi connectivity index (χ2n) is 10.6. The molecule has 0 aliphatic rings. The second-order valence-corrected chi connectivity index (χ2v) is 10.6. The van der Waals surface area contributed by atoms with Crippen LogP contribution in [0.25, 0.3) is 10.9 Å². The number of H-pyrrole nitrogens is 1. The first-order chi connectivity index (χ1) is 18.6. The minimum absolute atomic E-state index is 0.106. The highest BCUT2D eigenvalue weighted by Gasteiger charge is 2.35. The van der Waals surface area contributed by atoms with Gasteiger partial charge in [-0.1, -0.05) is 78.4 Å². The first-order valence-corrected chi connectivity index (χ1v) is 13.1. The summed E-state index contributed by atoms with van der Waals surface area (Å²) in [5.74, 6) is -0.989. The van der Waals surface area contributed by atoms with Crippen LogP contribution in [0, 0.1) is 6.92 Å². The average Bonchev–Trinajstić information content (AvgIpc) is 2.88. The number of amides is 1. The number of anilines is 1. The molecule has 2 N–H and O–H groups in total. The highest BCUT2D eigenvalue weighted by atomic mass is 16.5. The molecule has 0 bridgehead atoms. The zero-order chi connectivity index (χ0) is 28.2. The Bertz CT molecular complexity index is 1520. The van der Waals surface area contributed by atoms with Crippen molar-refractivity contribution in [3.05, 3.63) is 111 Å². The van der Waals surface area contributed by atoms with Gasteiger partial charge in [-0.05, 0) is 51.8 Å². The van der Waals surface area contributed by atoms with Crippen LogP contribution in [0.5, 0.6) is 0 Å². The SMILES string of the molecule is CCOC(=O)c1c(N(Cc2ccc(C)cc2)C(C(=O)NC(C)(C)C)c2ccccc2)c2ccccc2[nH]c1=O. The van der Waals surface area contributed by atoms with E-state index in [0.717, 1.165) is 16.7 Å². The van der Waals surface area contributed by atoms with Gasteiger partial charge < -0.3 is 19.9 Å². The van der Waals surface area contributed by atoms with E-state index in [2.05, 4.69) is 10.3 Å². The van der Waals surface area contributed by atoms with Crippen molar-refractivity contribution in [3.8, 4) is 0 Å². The fraction of sp³-hybridized carbons (Fsp3) is 0.281. The van der Waals surface area contributed by atoms with Gasteiger partial charge in [-0.2, -0.15) is 0 Å². The molecule has 39 heavy (non-hydrogen) atoms. The summed E-state index contributed by atoms with van der Waals surface area (Å²) in [4.78, 5) is 45.5. The Morgan fingerprint density at radius 1 is 0.949 bits per heavy atom. The van der Waals surface area contributed by atoms with Gasteiger partial charge in [-0.3, -0.25) is 9.59 Å². The van der Waals surface area contributed by atoms with E-state index >= 15 is 0 Å². The molecule has 1 heterocycles. The summed E-state index contributed by atoms with van der Waals surface area (Å²) in [6, 6.07) is 23.8. The van der Waals surface area contributed by atoms with Gasteiger partial charge in [0.05, 0.1) is 17.8 Å². The summed E-state index contributed by atoms with van der Waals surface area (Å²) < 4.78 is 5.35. The number of fused-ring (bicyclic) bond motifs is 1. The van der Waals surface area contributed by atoms with Gasteiger partial charge in [0.1, 0.15) is 11.6 Å². The maximum atomic E-state index is 14.1. The highest BCUT2D eigenvalue weighted by molar-refractivity contribution is 6.06. The number of carbonyl (C=O) groups excluding carboxylic acids is 2. The van der Waals surface area contributed by atoms with Crippen molar-refractivity contribution in [3.63, 3.8) is 0 Å². The zero-order valence-electron chi connectivity index (χ0n) is 23.1. The van der Waals surface area contributed by atoms with E-state index in [4.69, 9.17) is 4.74 Å². The Balaban J connectivity index is 2.06. The molecule has 7 heteroatoms. The van der Waals surface area contributed by atoms with Gasteiger partial charge in [0.2, 0.25) is 5.91 Å². The van der Waals surface area contributed by atoms with E-state index in [0.29, 0.717) is 16.6 Å². The molecule has 3 aromatic carbocycles. The summed E-state index contributed by atoms with van der Waals surface area (Å²) >= 11 is 0. The van der Waals surface area contributed by atoms with Crippen LogP contribution in [-0.4, -0.2) is 29.0 Å². The minimum Gasteiger partial charge on any atom is -0.462 e. The van der Waals surface area contributed by atoms with Crippen LogP contribution in [0.1, 0.15) is 60.8 Å². The molecule has 4 aromatic rings. The van der Waals surface area contributed by atoms with E-state index in [9.17, 15) is 14.4 Å². The molecule has 0 aliphatic heterocycles. The molecule has 1 unspecified atom stereocenters. The first kappa shape index (κ1) is 27.6. The van der Waals surface area contributed by atoms with Gasteiger partial charge in [0.25, 0.3) is 5.56 Å². The number of aromatic nitrogens is 1. The number of aryl methyl sites for hydroxylation is 1. The molecule has 0 saturated heterocycles. The Kier molecular flexibility index (Phi) is 8.19. The Hall–Kier alpha value is -4.39. The molecular formula is C32H35N3O4. The van der Waals surface area contributed by atoms with Gasteiger partial charge in [-0.15, -0.1) is 0 Å². The van der Waals surface area contributed by atoms with Gasteiger partial charge in [0, 0.05) is 17.5 Å². The molecule has 1 atom stereocenters. The van der Waals surface area contributed by atoms with Crippen LogP contribution < -0.4 is 15.8 Å². The third kappa shape index (κ3) is 6.37. The van der Waals surface area contributed by atoms with Crippen molar-refractivity contribution in [1.82, 2.24) is 10.3 Å². The molecule has 4 rings (SSSR count). The summed E-state index contributed by atoms with van der Waals surface area (Å²) in [5.41, 5.74) is 2.44. The van der Waals surface area contributed by atoms with Gasteiger partial charge in [0.15, 0.2) is 0 Å². The number of aromatic amines is 1. The fourth-order valence-corrected chi connectivity index (χ4v) is 4.65. The zero-order valence-corrected chi connectivity index (χ0v) is 23.1. The Morgan fingerprint density at radius 3 is 2.23 bits per heavy atom. The lowest BCUT2D eigenvalue weighted by Gasteiger charge is -2.36. The lowest BCUT2D eigenvalue weighted by Crippen LogP contribution is -2.48. The number of hydrogen-bond acceptors (Lipinski definition) is 5. The van der Waals surface area contributed by atoms with Crippen molar-refractivity contribution in [2.75, 3.05) is 11.5 Å². The van der Waals surface area contributed by atoms with Crippen LogP contribution in [0.3, 0.4) is 0 Å². The van der Waals surface area contributed by atoms with Crippen molar-refractivity contribution >= 4 is 28.5 Å². The predicted molar refractivity (Wildman–Crippen MR) is 155 cm³/mol. The molecule has 1 aromatic heterocycles. The van der Waals surface area contributed by atoms with Crippen LogP contribution in [0.2, 0.25) is 0 Å². The van der Waals surface area contributed by atoms with Crippen molar-refractivity contribution in [2.45, 2.75) is 52.7 Å². The molecule has 0 saturated carbocycles. The second kappa shape index (κ2) is 11.6. The first-order valence-electron chi connectivity index (χ1n) is 13.1. The van der Waals surface area contributed by atoms with E-state index in [1.165, 1.54) is 0 Å². The highest BCUT2D eigenvalue weighted by Crippen LogP contribution is 2.36. The van der Waals surface area contributed by atoms with E-state index < -0.39 is 23.1 Å². The molecule has 0 spiro atoms. The van der Waals surface area contributed by atoms with E-state index in [1.54, 1.807) is 13.0 Å². The lowest BCUT2D eigenvalue weighted by molar-refractivity contribution is -0.124. The summed E-state index contributed by atoms with van der Waals surface area (Å²) in [6.45, 7) is 9.83. The van der Waals surface area contributed by atoms with E-state index in [-0.39, 0.29) is 24.6 Å². The molecule has 7 nitrogen and oxygen atoms in total. The number of esters is 1. The quantitative estimate of drug-likeness (QED) is 0.289. The van der Waals surface area contributed by atoms with E-state index in [1.807, 2.05) is 105 Å². The molecular weight excluding hydrogens is 490 g/mol. The molecule has 0 fully saturated rings. The van der Waals surface area contributed by atoms with Gasteiger partial charge >= 0.3 is 5.97 Å². The summed E-state index contributed by atoms with van der Waals surface area (Å²) in [6.07, 6.45) is 0. The van der Waals surface area contributed by atoms with Crippen molar-refractivity contribution in [1.29, 1.82) is 0 Å². The third-order valence-electron chi connectivity index (χ3n) is 6.31. The summed E-state index contributed by atoms with van der Waals surface area (Å²) in [7, 11) is 0. The van der Waals surface area contributed by atoms with Crippen molar-refractivity contribution < 1.29 is 14.3 Å². The number of rotatable bonds is 8. The topological polar surface area (TPSA) is 91.5 Å². The van der Waals surface area contributed by atoms with Crippen molar-refractivity contribution in [2.24, 2.45) is 0 Å². The third-order valence-corrected chi connectivity index (χ3v) is 6.31. The number of benzene rings is 3. The maximum Gasteiger partial charge on any atom is 0.345 e. The molecule has 202 valence electrons. The number of pyridine rings is 1.